The molecule has 0 aliphatic rings. The van der Waals surface area contributed by atoms with E-state index in [9.17, 15) is 9.90 Å². The monoisotopic (exact) mass is 369 g/mol. The number of methoxy groups -OCH3 is 1. The van der Waals surface area contributed by atoms with E-state index in [1.54, 1.807) is 18.2 Å². The fraction of sp³-hybridized carbons (Fsp3) is 0.364. The molecule has 6 heteroatoms. The third-order valence-electron chi connectivity index (χ3n) is 2.18. The van der Waals surface area contributed by atoms with Crippen LogP contribution in [0.25, 0.3) is 0 Å². The first-order valence-corrected chi connectivity index (χ1v) is 6.32. The Morgan fingerprint density at radius 2 is 2.29 bits per heavy atom. The fourth-order valence-electron chi connectivity index (χ4n) is 1.19. The Kier molecular flexibility index (Phi) is 5.03. The van der Waals surface area contributed by atoms with Gasteiger partial charge in [0.05, 0.1) is 13.7 Å². The Balaban J connectivity index is 2.70. The average Bonchev–Trinajstić information content (AvgIpc) is 2.26. The first-order chi connectivity index (χ1) is 7.86. The molecule has 0 aliphatic carbocycles. The van der Waals surface area contributed by atoms with Gasteiger partial charge in [0.25, 0.3) is 0 Å². The van der Waals surface area contributed by atoms with Gasteiger partial charge in [0.1, 0.15) is 0 Å². The van der Waals surface area contributed by atoms with Gasteiger partial charge in [-0.2, -0.15) is 0 Å². The molecule has 2 N–H and O–H groups in total. The summed E-state index contributed by atoms with van der Waals surface area (Å²) in [5.41, 5.74) is -0.753. The van der Waals surface area contributed by atoms with Gasteiger partial charge in [-0.3, -0.25) is 0 Å². The first kappa shape index (κ1) is 14.5. The third kappa shape index (κ3) is 4.01. The van der Waals surface area contributed by atoms with Crippen LogP contribution < -0.4 is 5.32 Å². The van der Waals surface area contributed by atoms with Crippen molar-refractivity contribution in [2.24, 2.45) is 0 Å². The standard InChI is InChI=1S/C11H13ClINO3/c1-11(16,10(15)17-2)6-14-9-4-3-7(12)5-8(9)13/h3-5,14,16H,6H2,1-2H3. The minimum atomic E-state index is -1.56. The summed E-state index contributed by atoms with van der Waals surface area (Å²) in [6.07, 6.45) is 0. The number of carbonyl (C=O) groups excluding carboxylic acids is 1. The molecule has 0 amide bonds. The van der Waals surface area contributed by atoms with Gasteiger partial charge in [-0.05, 0) is 47.7 Å². The predicted octanol–water partition coefficient (Wildman–Crippen LogP) is 2.28. The second-order valence-electron chi connectivity index (χ2n) is 3.74. The lowest BCUT2D eigenvalue weighted by Gasteiger charge is -2.21. The molecular formula is C11H13ClINO3. The minimum Gasteiger partial charge on any atom is -0.467 e. The van der Waals surface area contributed by atoms with Gasteiger partial charge in [0.15, 0.2) is 5.60 Å². The molecule has 17 heavy (non-hydrogen) atoms. The quantitative estimate of drug-likeness (QED) is 0.631. The second kappa shape index (κ2) is 5.88. The zero-order chi connectivity index (χ0) is 13.1. The van der Waals surface area contributed by atoms with Crippen molar-refractivity contribution in [2.45, 2.75) is 12.5 Å². The van der Waals surface area contributed by atoms with Gasteiger partial charge in [-0.1, -0.05) is 11.6 Å². The Bertz CT molecular complexity index is 423. The normalized spacial score (nSPS) is 13.9. The van der Waals surface area contributed by atoms with E-state index in [0.717, 1.165) is 9.26 Å². The highest BCUT2D eigenvalue weighted by Gasteiger charge is 2.31. The molecule has 0 saturated heterocycles. The van der Waals surface area contributed by atoms with E-state index in [2.05, 4.69) is 32.6 Å². The van der Waals surface area contributed by atoms with Crippen molar-refractivity contribution in [3.05, 3.63) is 26.8 Å². The van der Waals surface area contributed by atoms with E-state index in [0.29, 0.717) is 5.02 Å². The number of ether oxygens (including phenoxy) is 1. The van der Waals surface area contributed by atoms with Crippen LogP contribution in [0.1, 0.15) is 6.92 Å². The molecule has 1 unspecified atom stereocenters. The molecule has 0 aromatic heterocycles. The topological polar surface area (TPSA) is 58.6 Å². The van der Waals surface area contributed by atoms with Gasteiger partial charge >= 0.3 is 5.97 Å². The van der Waals surface area contributed by atoms with Gasteiger partial charge in [-0.25, -0.2) is 4.79 Å². The summed E-state index contributed by atoms with van der Waals surface area (Å²) in [6.45, 7) is 1.46. The number of anilines is 1. The van der Waals surface area contributed by atoms with Crippen molar-refractivity contribution < 1.29 is 14.6 Å². The van der Waals surface area contributed by atoms with E-state index in [1.807, 2.05) is 0 Å². The van der Waals surface area contributed by atoms with Gasteiger partial charge < -0.3 is 15.2 Å². The van der Waals surface area contributed by atoms with E-state index in [-0.39, 0.29) is 6.54 Å². The molecule has 0 bridgehead atoms. The Morgan fingerprint density at radius 3 is 2.82 bits per heavy atom. The number of nitrogens with one attached hydrogen (secondary N) is 1. The molecule has 0 radical (unpaired) electrons. The van der Waals surface area contributed by atoms with E-state index >= 15 is 0 Å². The number of hydrogen-bond donors (Lipinski definition) is 2. The number of carbonyl (C=O) groups is 1. The van der Waals surface area contributed by atoms with Crippen LogP contribution >= 0.6 is 34.2 Å². The third-order valence-corrected chi connectivity index (χ3v) is 3.31. The van der Waals surface area contributed by atoms with E-state index in [4.69, 9.17) is 11.6 Å². The molecule has 0 spiro atoms. The summed E-state index contributed by atoms with van der Waals surface area (Å²) in [7, 11) is 1.24. The minimum absolute atomic E-state index is 0.0668. The molecular weight excluding hydrogens is 356 g/mol. The van der Waals surface area contributed by atoms with Crippen molar-refractivity contribution in [3.8, 4) is 0 Å². The number of aliphatic hydroxyl groups is 1. The molecule has 0 heterocycles. The average molecular weight is 370 g/mol. The van der Waals surface area contributed by atoms with E-state index < -0.39 is 11.6 Å². The number of rotatable bonds is 4. The molecule has 94 valence electrons. The van der Waals surface area contributed by atoms with Crippen molar-refractivity contribution >= 4 is 45.8 Å². The predicted molar refractivity (Wildman–Crippen MR) is 75.3 cm³/mol. The highest BCUT2D eigenvalue weighted by molar-refractivity contribution is 14.1. The summed E-state index contributed by atoms with van der Waals surface area (Å²) in [6, 6.07) is 5.31. The molecule has 1 aromatic carbocycles. The molecule has 1 atom stereocenters. The summed E-state index contributed by atoms with van der Waals surface area (Å²) in [5.74, 6) is -0.672. The van der Waals surface area contributed by atoms with E-state index in [1.165, 1.54) is 14.0 Å². The molecule has 0 saturated carbocycles. The summed E-state index contributed by atoms with van der Waals surface area (Å²) in [5, 5.41) is 13.4. The maximum Gasteiger partial charge on any atom is 0.339 e. The zero-order valence-electron chi connectivity index (χ0n) is 9.46. The van der Waals surface area contributed by atoms with Gasteiger partial charge in [0, 0.05) is 14.3 Å². The summed E-state index contributed by atoms with van der Waals surface area (Å²) < 4.78 is 5.41. The molecule has 4 nitrogen and oxygen atoms in total. The van der Waals surface area contributed by atoms with Crippen LogP contribution in [-0.2, 0) is 9.53 Å². The van der Waals surface area contributed by atoms with Crippen molar-refractivity contribution in [3.63, 3.8) is 0 Å². The summed E-state index contributed by atoms with van der Waals surface area (Å²) in [4.78, 5) is 11.3. The van der Waals surface area contributed by atoms with Crippen LogP contribution in [0.4, 0.5) is 5.69 Å². The Hall–Kier alpha value is -0.530. The van der Waals surface area contributed by atoms with Crippen LogP contribution in [0, 0.1) is 3.57 Å². The number of esters is 1. The Labute approximate surface area is 118 Å². The van der Waals surface area contributed by atoms with Crippen LogP contribution in [0.3, 0.4) is 0 Å². The summed E-state index contributed by atoms with van der Waals surface area (Å²) >= 11 is 7.94. The van der Waals surface area contributed by atoms with Crippen molar-refractivity contribution in [1.29, 1.82) is 0 Å². The van der Waals surface area contributed by atoms with Crippen LogP contribution in [0.5, 0.6) is 0 Å². The van der Waals surface area contributed by atoms with Crippen molar-refractivity contribution in [1.82, 2.24) is 0 Å². The molecule has 0 fully saturated rings. The first-order valence-electron chi connectivity index (χ1n) is 4.86. The number of halogens is 2. The maximum atomic E-state index is 11.3. The number of benzene rings is 1. The molecule has 1 rings (SSSR count). The SMILES string of the molecule is COC(=O)C(C)(O)CNc1ccc(Cl)cc1I. The van der Waals surface area contributed by atoms with Crippen LogP contribution in [-0.4, -0.2) is 30.3 Å². The largest absolute Gasteiger partial charge is 0.467 e. The smallest absolute Gasteiger partial charge is 0.339 e. The van der Waals surface area contributed by atoms with Gasteiger partial charge in [0.2, 0.25) is 0 Å². The zero-order valence-corrected chi connectivity index (χ0v) is 12.4. The van der Waals surface area contributed by atoms with Crippen LogP contribution in [0.15, 0.2) is 18.2 Å². The molecule has 0 aliphatic heterocycles. The van der Waals surface area contributed by atoms with Crippen LogP contribution in [0.2, 0.25) is 5.02 Å². The van der Waals surface area contributed by atoms with Gasteiger partial charge in [-0.15, -0.1) is 0 Å². The maximum absolute atomic E-state index is 11.3. The Morgan fingerprint density at radius 1 is 1.65 bits per heavy atom. The lowest BCUT2D eigenvalue weighted by molar-refractivity contribution is -0.158. The fourth-order valence-corrected chi connectivity index (χ4v) is 2.25. The lowest BCUT2D eigenvalue weighted by atomic mass is 10.1. The second-order valence-corrected chi connectivity index (χ2v) is 5.34. The number of hydrogen-bond acceptors (Lipinski definition) is 4. The highest BCUT2D eigenvalue weighted by Crippen LogP contribution is 2.22. The molecule has 1 aromatic rings. The van der Waals surface area contributed by atoms with Crippen molar-refractivity contribution in [2.75, 3.05) is 19.0 Å². The lowest BCUT2D eigenvalue weighted by Crippen LogP contribution is -2.42. The highest BCUT2D eigenvalue weighted by atomic mass is 127.